The van der Waals surface area contributed by atoms with Crippen molar-refractivity contribution in [3.63, 3.8) is 0 Å². The van der Waals surface area contributed by atoms with Crippen LogP contribution in [0.5, 0.6) is 0 Å². The summed E-state index contributed by atoms with van der Waals surface area (Å²) < 4.78 is 13.3. The third kappa shape index (κ3) is 1.50. The Balaban J connectivity index is 2.92. The van der Waals surface area contributed by atoms with Crippen molar-refractivity contribution in [2.75, 3.05) is 0 Å². The monoisotopic (exact) mass is 167 g/mol. The maximum Gasteiger partial charge on any atom is 0.518 e. The van der Waals surface area contributed by atoms with Gasteiger partial charge in [0.15, 0.2) is 0 Å². The zero-order valence-corrected chi connectivity index (χ0v) is 6.16. The van der Waals surface area contributed by atoms with Gasteiger partial charge in [-0.25, -0.2) is 4.39 Å². The van der Waals surface area contributed by atoms with Gasteiger partial charge >= 0.3 is 7.12 Å². The highest BCUT2D eigenvalue weighted by Crippen LogP contribution is 2.17. The SMILES string of the molecule is C#CC1=CC(F)(B(O)O)NC=C1. The molecule has 0 aromatic carbocycles. The minimum Gasteiger partial charge on any atom is -0.424 e. The van der Waals surface area contributed by atoms with Crippen LogP contribution in [0.4, 0.5) is 4.39 Å². The van der Waals surface area contributed by atoms with Gasteiger partial charge in [-0.3, -0.25) is 0 Å². The van der Waals surface area contributed by atoms with Gasteiger partial charge < -0.3 is 15.4 Å². The van der Waals surface area contributed by atoms with Crippen molar-refractivity contribution in [2.45, 2.75) is 5.69 Å². The Morgan fingerprint density at radius 3 is 2.83 bits per heavy atom. The molecule has 1 rings (SSSR count). The zero-order valence-electron chi connectivity index (χ0n) is 6.16. The molecule has 3 N–H and O–H groups in total. The van der Waals surface area contributed by atoms with E-state index in [4.69, 9.17) is 16.5 Å². The first-order valence-electron chi connectivity index (χ1n) is 3.27. The fourth-order valence-corrected chi connectivity index (χ4v) is 0.814. The normalized spacial score (nSPS) is 27.0. The first-order chi connectivity index (χ1) is 5.58. The summed E-state index contributed by atoms with van der Waals surface area (Å²) >= 11 is 0. The maximum absolute atomic E-state index is 13.3. The summed E-state index contributed by atoms with van der Waals surface area (Å²) in [6.07, 6.45) is 8.63. The van der Waals surface area contributed by atoms with E-state index in [9.17, 15) is 4.39 Å². The zero-order chi connectivity index (χ0) is 9.19. The molecule has 0 saturated heterocycles. The second kappa shape index (κ2) is 3.01. The largest absolute Gasteiger partial charge is 0.518 e. The molecule has 0 radical (unpaired) electrons. The number of alkyl halides is 1. The van der Waals surface area contributed by atoms with Gasteiger partial charge in [0.2, 0.25) is 5.69 Å². The number of halogens is 1. The molecule has 0 amide bonds. The quantitative estimate of drug-likeness (QED) is 0.276. The van der Waals surface area contributed by atoms with Crippen LogP contribution < -0.4 is 5.32 Å². The molecular weight excluding hydrogens is 160 g/mol. The van der Waals surface area contributed by atoms with Crippen LogP contribution in [0, 0.1) is 12.3 Å². The molecule has 62 valence electrons. The second-order valence-electron chi connectivity index (χ2n) is 2.36. The first-order valence-corrected chi connectivity index (χ1v) is 3.27. The lowest BCUT2D eigenvalue weighted by Gasteiger charge is -2.23. The molecule has 1 unspecified atom stereocenters. The highest BCUT2D eigenvalue weighted by Gasteiger charge is 2.41. The molecular formula is C7H7BFNO2. The molecule has 1 aliphatic heterocycles. The summed E-state index contributed by atoms with van der Waals surface area (Å²) in [4.78, 5) is 0. The predicted octanol–water partition coefficient (Wildman–Crippen LogP) is -0.659. The number of hydrogen-bond donors (Lipinski definition) is 3. The Bertz CT molecular complexity index is 282. The maximum atomic E-state index is 13.3. The van der Waals surface area contributed by atoms with Gasteiger partial charge in [-0.15, -0.1) is 6.42 Å². The number of dihydropyridines is 1. The Hall–Kier alpha value is -1.25. The molecule has 0 spiro atoms. The number of terminal acetylenes is 1. The molecule has 1 aliphatic rings. The van der Waals surface area contributed by atoms with Gasteiger partial charge in [-0.1, -0.05) is 5.92 Å². The van der Waals surface area contributed by atoms with Crippen molar-refractivity contribution in [1.82, 2.24) is 5.32 Å². The standard InChI is InChI=1S/C7H7BFNO2/c1-2-6-3-4-10-7(9,5-6)8(11)12/h1,3-5,10-12H. The smallest absolute Gasteiger partial charge is 0.424 e. The van der Waals surface area contributed by atoms with Gasteiger partial charge in [-0.05, 0) is 12.2 Å². The van der Waals surface area contributed by atoms with Gasteiger partial charge in [0.1, 0.15) is 0 Å². The van der Waals surface area contributed by atoms with Crippen LogP contribution in [0.1, 0.15) is 0 Å². The van der Waals surface area contributed by atoms with Crippen molar-refractivity contribution in [3.05, 3.63) is 23.9 Å². The lowest BCUT2D eigenvalue weighted by atomic mass is 9.75. The van der Waals surface area contributed by atoms with E-state index in [1.54, 1.807) is 0 Å². The minimum absolute atomic E-state index is 0.268. The summed E-state index contributed by atoms with van der Waals surface area (Å²) in [5, 5.41) is 19.4. The number of nitrogens with one attached hydrogen (secondary N) is 1. The van der Waals surface area contributed by atoms with Crippen LogP contribution >= 0.6 is 0 Å². The van der Waals surface area contributed by atoms with Crippen LogP contribution in [0.15, 0.2) is 23.9 Å². The van der Waals surface area contributed by atoms with Crippen molar-refractivity contribution < 1.29 is 14.4 Å². The Labute approximate surface area is 69.7 Å². The Morgan fingerprint density at radius 2 is 2.33 bits per heavy atom. The number of hydrogen-bond acceptors (Lipinski definition) is 3. The molecule has 0 bridgehead atoms. The average Bonchev–Trinajstić information content (AvgIpc) is 2.04. The number of rotatable bonds is 1. The molecule has 3 nitrogen and oxygen atoms in total. The van der Waals surface area contributed by atoms with Gasteiger partial charge in [-0.2, -0.15) is 0 Å². The summed E-state index contributed by atoms with van der Waals surface area (Å²) in [7, 11) is -2.13. The highest BCUT2D eigenvalue weighted by atomic mass is 19.1. The molecule has 5 heteroatoms. The fraction of sp³-hybridized carbons (Fsp3) is 0.143. The molecule has 0 aromatic rings. The van der Waals surface area contributed by atoms with E-state index < -0.39 is 12.8 Å². The molecule has 0 saturated carbocycles. The topological polar surface area (TPSA) is 52.5 Å². The van der Waals surface area contributed by atoms with E-state index in [0.717, 1.165) is 6.08 Å². The summed E-state index contributed by atoms with van der Waals surface area (Å²) in [6, 6.07) is 0. The third-order valence-corrected chi connectivity index (χ3v) is 1.48. The van der Waals surface area contributed by atoms with Gasteiger partial charge in [0.05, 0.1) is 0 Å². The third-order valence-electron chi connectivity index (χ3n) is 1.48. The second-order valence-corrected chi connectivity index (χ2v) is 2.36. The highest BCUT2D eigenvalue weighted by molar-refractivity contribution is 6.45. The molecule has 1 atom stereocenters. The molecule has 1 heterocycles. The van der Waals surface area contributed by atoms with E-state index >= 15 is 0 Å². The number of allylic oxidation sites excluding steroid dienone is 2. The summed E-state index contributed by atoms with van der Waals surface area (Å²) in [5.41, 5.74) is -2.11. The molecule has 12 heavy (non-hydrogen) atoms. The van der Waals surface area contributed by atoms with E-state index in [0.29, 0.717) is 0 Å². The van der Waals surface area contributed by atoms with E-state index in [2.05, 4.69) is 11.2 Å². The first kappa shape index (κ1) is 8.85. The van der Waals surface area contributed by atoms with Crippen molar-refractivity contribution >= 4 is 7.12 Å². The van der Waals surface area contributed by atoms with Crippen LogP contribution in [-0.2, 0) is 0 Å². The van der Waals surface area contributed by atoms with Crippen molar-refractivity contribution in [3.8, 4) is 12.3 Å². The van der Waals surface area contributed by atoms with E-state index in [1.807, 2.05) is 0 Å². The molecule has 0 aliphatic carbocycles. The summed E-state index contributed by atoms with van der Waals surface area (Å²) in [5.74, 6) is 2.19. The van der Waals surface area contributed by atoms with Gasteiger partial charge in [0.25, 0.3) is 0 Å². The fourth-order valence-electron chi connectivity index (χ4n) is 0.814. The van der Waals surface area contributed by atoms with Crippen LogP contribution in [0.3, 0.4) is 0 Å². The van der Waals surface area contributed by atoms with E-state index in [1.165, 1.54) is 12.3 Å². The molecule has 0 aromatic heterocycles. The average molecular weight is 167 g/mol. The predicted molar refractivity (Wildman–Crippen MR) is 43.2 cm³/mol. The van der Waals surface area contributed by atoms with Crippen LogP contribution in [0.25, 0.3) is 0 Å². The minimum atomic E-state index is -2.38. The Morgan fingerprint density at radius 1 is 1.67 bits per heavy atom. The van der Waals surface area contributed by atoms with Crippen LogP contribution in [0.2, 0.25) is 0 Å². The van der Waals surface area contributed by atoms with Gasteiger partial charge in [0, 0.05) is 11.8 Å². The van der Waals surface area contributed by atoms with Crippen molar-refractivity contribution in [2.24, 2.45) is 0 Å². The lowest BCUT2D eigenvalue weighted by Crippen LogP contribution is -2.51. The summed E-state index contributed by atoms with van der Waals surface area (Å²) in [6.45, 7) is 0. The van der Waals surface area contributed by atoms with E-state index in [-0.39, 0.29) is 5.57 Å². The van der Waals surface area contributed by atoms with Crippen LogP contribution in [-0.4, -0.2) is 22.9 Å². The Kier molecular flexibility index (Phi) is 2.22. The van der Waals surface area contributed by atoms with Crippen molar-refractivity contribution in [1.29, 1.82) is 0 Å². The lowest BCUT2D eigenvalue weighted by molar-refractivity contribution is 0.219. The molecule has 0 fully saturated rings.